The largest absolute Gasteiger partial charge is 0.493 e. The number of hydrogen-bond donors (Lipinski definition) is 1. The maximum Gasteiger partial charge on any atom is 0.123 e. The van der Waals surface area contributed by atoms with Gasteiger partial charge in [0.05, 0.1) is 19.8 Å². The first kappa shape index (κ1) is 18.3. The fourth-order valence-corrected chi connectivity index (χ4v) is 2.49. The number of halogens is 1. The van der Waals surface area contributed by atoms with E-state index in [1.807, 2.05) is 18.2 Å². The lowest BCUT2D eigenvalue weighted by atomic mass is 10.0. The third-order valence-corrected chi connectivity index (χ3v) is 4.10. The first-order chi connectivity index (χ1) is 10.2. The normalized spacial score (nSPS) is 12.2. The van der Waals surface area contributed by atoms with Crippen LogP contribution in [0.15, 0.2) is 18.2 Å². The molecule has 4 heteroatoms. The Morgan fingerprint density at radius 2 is 1.52 bits per heavy atom. The molecule has 0 spiro atoms. The molecule has 1 aromatic carbocycles. The van der Waals surface area contributed by atoms with E-state index in [-0.39, 0.29) is 12.5 Å². The highest BCUT2D eigenvalue weighted by Crippen LogP contribution is 2.29. The third kappa shape index (κ3) is 6.70. The molecule has 1 atom stereocenters. The second kappa shape index (κ2) is 10.9. The standard InChI is InChI=1S/C17H27BrO3/c1-3-5-7-20-16-9-14(15(12-18)13-19)10-17(11-16)21-8-6-4-2/h9-11,15,19H,3-8,12-13H2,1-2H3. The first-order valence-corrected chi connectivity index (χ1v) is 8.94. The van der Waals surface area contributed by atoms with Gasteiger partial charge in [0.15, 0.2) is 0 Å². The SMILES string of the molecule is CCCCOc1cc(OCCCC)cc(C(CO)CBr)c1. The lowest BCUT2D eigenvalue weighted by Gasteiger charge is -2.16. The number of benzene rings is 1. The van der Waals surface area contributed by atoms with Gasteiger partial charge in [0, 0.05) is 17.3 Å². The lowest BCUT2D eigenvalue weighted by molar-refractivity contribution is 0.272. The predicted molar refractivity (Wildman–Crippen MR) is 90.9 cm³/mol. The average molecular weight is 359 g/mol. The van der Waals surface area contributed by atoms with Crippen molar-refractivity contribution in [1.29, 1.82) is 0 Å². The van der Waals surface area contributed by atoms with Gasteiger partial charge in [0.1, 0.15) is 11.5 Å². The van der Waals surface area contributed by atoms with Crippen LogP contribution >= 0.6 is 15.9 Å². The van der Waals surface area contributed by atoms with E-state index in [1.54, 1.807) is 0 Å². The van der Waals surface area contributed by atoms with Gasteiger partial charge < -0.3 is 14.6 Å². The van der Waals surface area contributed by atoms with E-state index in [2.05, 4.69) is 29.8 Å². The van der Waals surface area contributed by atoms with E-state index in [0.717, 1.165) is 48.1 Å². The Morgan fingerprint density at radius 3 is 1.90 bits per heavy atom. The van der Waals surface area contributed by atoms with Crippen LogP contribution in [0.1, 0.15) is 51.0 Å². The Labute approximate surface area is 136 Å². The van der Waals surface area contributed by atoms with Crippen LogP contribution in [0.4, 0.5) is 0 Å². The topological polar surface area (TPSA) is 38.7 Å². The molecular formula is C17H27BrO3. The van der Waals surface area contributed by atoms with Gasteiger partial charge >= 0.3 is 0 Å². The summed E-state index contributed by atoms with van der Waals surface area (Å²) >= 11 is 3.45. The van der Waals surface area contributed by atoms with Gasteiger partial charge in [-0.2, -0.15) is 0 Å². The minimum atomic E-state index is 0.0632. The van der Waals surface area contributed by atoms with Gasteiger partial charge in [-0.3, -0.25) is 0 Å². The van der Waals surface area contributed by atoms with E-state index in [9.17, 15) is 5.11 Å². The summed E-state index contributed by atoms with van der Waals surface area (Å²) in [6.07, 6.45) is 4.30. The third-order valence-electron chi connectivity index (χ3n) is 3.31. The Morgan fingerprint density at radius 1 is 1.00 bits per heavy atom. The first-order valence-electron chi connectivity index (χ1n) is 7.82. The summed E-state index contributed by atoms with van der Waals surface area (Å²) in [6, 6.07) is 5.95. The molecule has 0 aliphatic heterocycles. The highest BCUT2D eigenvalue weighted by molar-refractivity contribution is 9.09. The highest BCUT2D eigenvalue weighted by Gasteiger charge is 2.12. The predicted octanol–water partition coefficient (Wildman–Crippen LogP) is 4.52. The number of unbranched alkanes of at least 4 members (excludes halogenated alkanes) is 2. The molecule has 0 bridgehead atoms. The number of aliphatic hydroxyl groups is 1. The molecule has 21 heavy (non-hydrogen) atoms. The molecule has 0 amide bonds. The van der Waals surface area contributed by atoms with Gasteiger partial charge in [0.25, 0.3) is 0 Å². The Kier molecular flexibility index (Phi) is 9.51. The fourth-order valence-electron chi connectivity index (χ4n) is 1.91. The summed E-state index contributed by atoms with van der Waals surface area (Å²) in [6.45, 7) is 5.83. The molecule has 1 rings (SSSR count). The van der Waals surface area contributed by atoms with Gasteiger partial charge in [-0.15, -0.1) is 0 Å². The maximum atomic E-state index is 9.48. The van der Waals surface area contributed by atoms with Crippen LogP contribution in [0.25, 0.3) is 0 Å². The smallest absolute Gasteiger partial charge is 0.123 e. The van der Waals surface area contributed by atoms with E-state index in [1.165, 1.54) is 0 Å². The minimum Gasteiger partial charge on any atom is -0.493 e. The monoisotopic (exact) mass is 358 g/mol. The van der Waals surface area contributed by atoms with Gasteiger partial charge in [-0.25, -0.2) is 0 Å². The quantitative estimate of drug-likeness (QED) is 0.467. The Hall–Kier alpha value is -0.740. The van der Waals surface area contributed by atoms with Crippen molar-refractivity contribution in [2.45, 2.75) is 45.4 Å². The van der Waals surface area contributed by atoms with Crippen molar-refractivity contribution in [2.24, 2.45) is 0 Å². The highest BCUT2D eigenvalue weighted by atomic mass is 79.9. The van der Waals surface area contributed by atoms with Crippen molar-refractivity contribution in [3.63, 3.8) is 0 Å². The zero-order valence-corrected chi connectivity index (χ0v) is 14.7. The maximum absolute atomic E-state index is 9.48. The summed E-state index contributed by atoms with van der Waals surface area (Å²) in [4.78, 5) is 0. The van der Waals surface area contributed by atoms with Gasteiger partial charge in [-0.1, -0.05) is 42.6 Å². The van der Waals surface area contributed by atoms with Crippen LogP contribution in [0.5, 0.6) is 11.5 Å². The molecule has 0 radical (unpaired) electrons. The molecule has 0 aliphatic carbocycles. The van der Waals surface area contributed by atoms with Gasteiger partial charge in [-0.05, 0) is 30.5 Å². The van der Waals surface area contributed by atoms with Crippen molar-refractivity contribution < 1.29 is 14.6 Å². The zero-order valence-electron chi connectivity index (χ0n) is 13.1. The molecule has 120 valence electrons. The van der Waals surface area contributed by atoms with Crippen molar-refractivity contribution in [3.05, 3.63) is 23.8 Å². The summed E-state index contributed by atoms with van der Waals surface area (Å²) in [7, 11) is 0. The van der Waals surface area contributed by atoms with E-state index in [4.69, 9.17) is 9.47 Å². The zero-order chi connectivity index (χ0) is 15.5. The Bertz CT molecular complexity index is 363. The summed E-state index contributed by atoms with van der Waals surface area (Å²) in [5.41, 5.74) is 1.05. The summed E-state index contributed by atoms with van der Waals surface area (Å²) in [5.74, 6) is 1.71. The van der Waals surface area contributed by atoms with Crippen LogP contribution in [0.2, 0.25) is 0 Å². The second-order valence-electron chi connectivity index (χ2n) is 5.18. The average Bonchev–Trinajstić information content (AvgIpc) is 2.49. The molecule has 0 saturated heterocycles. The molecule has 0 fully saturated rings. The number of alkyl halides is 1. The van der Waals surface area contributed by atoms with E-state index in [0.29, 0.717) is 13.2 Å². The molecule has 0 heterocycles. The number of aliphatic hydroxyl groups excluding tert-OH is 1. The fraction of sp³-hybridized carbons (Fsp3) is 0.647. The van der Waals surface area contributed by atoms with Crippen molar-refractivity contribution in [1.82, 2.24) is 0 Å². The molecule has 0 aliphatic rings. The molecule has 3 nitrogen and oxygen atoms in total. The molecule has 1 unspecified atom stereocenters. The van der Waals surface area contributed by atoms with E-state index >= 15 is 0 Å². The summed E-state index contributed by atoms with van der Waals surface area (Å²) < 4.78 is 11.6. The lowest BCUT2D eigenvalue weighted by Crippen LogP contribution is -2.07. The number of rotatable bonds is 11. The number of hydrogen-bond acceptors (Lipinski definition) is 3. The number of ether oxygens (including phenoxy) is 2. The second-order valence-corrected chi connectivity index (χ2v) is 5.82. The van der Waals surface area contributed by atoms with Crippen molar-refractivity contribution >= 4 is 15.9 Å². The Balaban J connectivity index is 2.84. The molecular weight excluding hydrogens is 332 g/mol. The van der Waals surface area contributed by atoms with Crippen molar-refractivity contribution in [3.8, 4) is 11.5 Å². The molecule has 0 saturated carbocycles. The van der Waals surface area contributed by atoms with Gasteiger partial charge in [0.2, 0.25) is 0 Å². The van der Waals surface area contributed by atoms with Crippen LogP contribution in [-0.2, 0) is 0 Å². The minimum absolute atomic E-state index is 0.0632. The van der Waals surface area contributed by atoms with Crippen LogP contribution in [0, 0.1) is 0 Å². The molecule has 1 N–H and O–H groups in total. The van der Waals surface area contributed by atoms with Crippen LogP contribution in [-0.4, -0.2) is 30.3 Å². The summed E-state index contributed by atoms with van der Waals surface area (Å²) in [5, 5.41) is 10.2. The van der Waals surface area contributed by atoms with Crippen LogP contribution in [0.3, 0.4) is 0 Å². The van der Waals surface area contributed by atoms with Crippen LogP contribution < -0.4 is 9.47 Å². The molecule has 1 aromatic rings. The van der Waals surface area contributed by atoms with Crippen molar-refractivity contribution in [2.75, 3.05) is 25.2 Å². The molecule has 0 aromatic heterocycles. The van der Waals surface area contributed by atoms with E-state index < -0.39 is 0 Å².